The fourth-order valence-electron chi connectivity index (χ4n) is 5.64. The summed E-state index contributed by atoms with van der Waals surface area (Å²) in [6, 6.07) is 5.61. The van der Waals surface area contributed by atoms with Crippen molar-refractivity contribution >= 4 is 17.7 Å². The van der Waals surface area contributed by atoms with Crippen LogP contribution in [-0.2, 0) is 14.3 Å². The zero-order valence-corrected chi connectivity index (χ0v) is 20.9. The van der Waals surface area contributed by atoms with Gasteiger partial charge in [0.15, 0.2) is 5.79 Å². The molecule has 2 amide bonds. The van der Waals surface area contributed by atoms with Crippen molar-refractivity contribution in [2.24, 2.45) is 17.3 Å². The molecule has 1 spiro atoms. The van der Waals surface area contributed by atoms with Crippen LogP contribution in [0.1, 0.15) is 46.5 Å². The number of nitro groups is 1. The number of likely N-dealkylation sites (tertiary alicyclic amines) is 1. The predicted octanol–water partition coefficient (Wildman–Crippen LogP) is 3.83. The summed E-state index contributed by atoms with van der Waals surface area (Å²) in [6.07, 6.45) is 2.45. The van der Waals surface area contributed by atoms with Crippen molar-refractivity contribution in [3.63, 3.8) is 0 Å². The second kappa shape index (κ2) is 9.83. The van der Waals surface area contributed by atoms with Crippen molar-refractivity contribution in [2.75, 3.05) is 33.4 Å². The lowest BCUT2D eigenvalue weighted by Gasteiger charge is -2.49. The van der Waals surface area contributed by atoms with Crippen LogP contribution in [0.5, 0.6) is 5.75 Å². The van der Waals surface area contributed by atoms with Crippen LogP contribution in [0, 0.1) is 27.4 Å². The highest BCUT2D eigenvalue weighted by Crippen LogP contribution is 2.45. The van der Waals surface area contributed by atoms with Gasteiger partial charge in [-0.25, -0.2) is 9.69 Å². The lowest BCUT2D eigenvalue weighted by atomic mass is 9.72. The number of hydrogen-bond donors (Lipinski definition) is 0. The minimum atomic E-state index is -0.772. The lowest BCUT2D eigenvalue weighted by Crippen LogP contribution is -2.57. The maximum Gasteiger partial charge on any atom is 0.422 e. The topological polar surface area (TPSA) is 111 Å². The Balaban J connectivity index is 1.49. The van der Waals surface area contributed by atoms with Gasteiger partial charge in [-0.3, -0.25) is 14.9 Å². The highest BCUT2D eigenvalue weighted by Gasteiger charge is 2.50. The zero-order chi connectivity index (χ0) is 25.4. The molecule has 0 bridgehead atoms. The number of nitrogens with zero attached hydrogens (tertiary/aromatic N) is 3. The maximum atomic E-state index is 13.7. The lowest BCUT2D eigenvalue weighted by molar-refractivity contribution is -0.384. The predicted molar refractivity (Wildman–Crippen MR) is 127 cm³/mol. The SMILES string of the molecule is CN1C[C@H](C(=O)N(CC(C)(C)C)C(=O)Oc2ccc([N+](=O)[O-])cc2)C[C@@H]2CC3(CC[C@H]21)OCCO3. The van der Waals surface area contributed by atoms with E-state index in [1.165, 1.54) is 29.2 Å². The Morgan fingerprint density at radius 3 is 2.49 bits per heavy atom. The van der Waals surface area contributed by atoms with E-state index in [9.17, 15) is 19.7 Å². The van der Waals surface area contributed by atoms with Gasteiger partial charge in [0, 0.05) is 44.1 Å². The fraction of sp³-hybridized carbons (Fsp3) is 0.680. The molecule has 0 N–H and O–H groups in total. The standard InChI is InChI=1S/C25H35N3O7/c1-24(2,3)16-27(23(30)35-20-7-5-19(6-8-20)28(31)32)22(29)18-13-17-14-25(33-11-12-34-25)10-9-21(17)26(4)15-18/h5-8,17-18,21H,9-16H2,1-4H3/t17-,18-,21-/m1/s1. The summed E-state index contributed by atoms with van der Waals surface area (Å²) < 4.78 is 17.4. The van der Waals surface area contributed by atoms with Crippen LogP contribution in [0.15, 0.2) is 24.3 Å². The fourth-order valence-corrected chi connectivity index (χ4v) is 5.64. The van der Waals surface area contributed by atoms with Crippen LogP contribution in [-0.4, -0.2) is 71.9 Å². The zero-order valence-electron chi connectivity index (χ0n) is 20.9. The molecule has 0 radical (unpaired) electrons. The third-order valence-corrected chi connectivity index (χ3v) is 7.13. The third-order valence-electron chi connectivity index (χ3n) is 7.13. The Kier molecular flexibility index (Phi) is 7.17. The van der Waals surface area contributed by atoms with Crippen LogP contribution >= 0.6 is 0 Å². The minimum Gasteiger partial charge on any atom is -0.410 e. The smallest absolute Gasteiger partial charge is 0.410 e. The summed E-state index contributed by atoms with van der Waals surface area (Å²) in [4.78, 5) is 40.7. The Hall–Kier alpha value is -2.56. The summed E-state index contributed by atoms with van der Waals surface area (Å²) in [5.41, 5.74) is -0.444. The number of carbonyl (C=O) groups excluding carboxylic acids is 2. The minimum absolute atomic E-state index is 0.104. The van der Waals surface area contributed by atoms with E-state index in [0.717, 1.165) is 19.3 Å². The number of ether oxygens (including phenoxy) is 3. The van der Waals surface area contributed by atoms with Gasteiger partial charge in [-0.1, -0.05) is 20.8 Å². The number of benzene rings is 1. The molecular formula is C25H35N3O7. The molecular weight excluding hydrogens is 454 g/mol. The molecule has 1 saturated carbocycles. The second-order valence-corrected chi connectivity index (χ2v) is 11.2. The number of hydrogen-bond acceptors (Lipinski definition) is 8. The van der Waals surface area contributed by atoms with E-state index in [-0.39, 0.29) is 41.1 Å². The van der Waals surface area contributed by atoms with E-state index in [4.69, 9.17) is 14.2 Å². The summed E-state index contributed by atoms with van der Waals surface area (Å²) in [6.45, 7) is 7.83. The van der Waals surface area contributed by atoms with Crippen LogP contribution in [0.3, 0.4) is 0 Å². The molecule has 1 aliphatic carbocycles. The van der Waals surface area contributed by atoms with Gasteiger partial charge in [0.25, 0.3) is 5.69 Å². The third kappa shape index (κ3) is 5.82. The maximum absolute atomic E-state index is 13.7. The van der Waals surface area contributed by atoms with Crippen molar-refractivity contribution < 1.29 is 28.7 Å². The largest absolute Gasteiger partial charge is 0.422 e. The Morgan fingerprint density at radius 2 is 1.89 bits per heavy atom. The first-order valence-electron chi connectivity index (χ1n) is 12.2. The van der Waals surface area contributed by atoms with Gasteiger partial charge in [0.1, 0.15) is 5.75 Å². The van der Waals surface area contributed by atoms with Crippen molar-refractivity contribution in [3.8, 4) is 5.75 Å². The van der Waals surface area contributed by atoms with Gasteiger partial charge < -0.3 is 19.1 Å². The van der Waals surface area contributed by atoms with Crippen LogP contribution in [0.25, 0.3) is 0 Å². The Bertz CT molecular complexity index is 953. The number of piperidine rings is 1. The van der Waals surface area contributed by atoms with Crippen LogP contribution in [0.2, 0.25) is 0 Å². The molecule has 2 heterocycles. The first kappa shape index (κ1) is 25.5. The molecule has 10 heteroatoms. The summed E-state index contributed by atoms with van der Waals surface area (Å²) in [5.74, 6) is -0.767. The molecule has 3 fully saturated rings. The quantitative estimate of drug-likeness (QED) is 0.463. The van der Waals surface area contributed by atoms with Crippen molar-refractivity contribution in [2.45, 2.75) is 58.3 Å². The monoisotopic (exact) mass is 489 g/mol. The van der Waals surface area contributed by atoms with Gasteiger partial charge in [-0.2, -0.15) is 0 Å². The van der Waals surface area contributed by atoms with E-state index >= 15 is 0 Å². The van der Waals surface area contributed by atoms with Gasteiger partial charge in [0.05, 0.1) is 24.1 Å². The highest BCUT2D eigenvalue weighted by atomic mass is 16.7. The van der Waals surface area contributed by atoms with Crippen LogP contribution < -0.4 is 4.74 Å². The molecule has 1 aromatic carbocycles. The molecule has 192 valence electrons. The first-order chi connectivity index (χ1) is 16.5. The molecule has 10 nitrogen and oxygen atoms in total. The van der Waals surface area contributed by atoms with Gasteiger partial charge in [-0.15, -0.1) is 0 Å². The van der Waals surface area contributed by atoms with E-state index in [2.05, 4.69) is 4.90 Å². The molecule has 4 rings (SSSR count). The molecule has 1 aromatic rings. The number of imide groups is 1. The first-order valence-corrected chi connectivity index (χ1v) is 12.2. The molecule has 2 saturated heterocycles. The van der Waals surface area contributed by atoms with Gasteiger partial charge >= 0.3 is 6.09 Å². The molecule has 0 aromatic heterocycles. The highest BCUT2D eigenvalue weighted by molar-refractivity contribution is 5.94. The van der Waals surface area contributed by atoms with E-state index in [1.54, 1.807) is 0 Å². The van der Waals surface area contributed by atoms with Crippen molar-refractivity contribution in [3.05, 3.63) is 34.4 Å². The summed E-state index contributed by atoms with van der Waals surface area (Å²) >= 11 is 0. The molecule has 35 heavy (non-hydrogen) atoms. The molecule has 2 aliphatic heterocycles. The van der Waals surface area contributed by atoms with E-state index < -0.39 is 16.8 Å². The molecule has 3 aliphatic rings. The van der Waals surface area contributed by atoms with Gasteiger partial charge in [-0.05, 0) is 43.4 Å². The molecule has 3 atom stereocenters. The van der Waals surface area contributed by atoms with Gasteiger partial charge in [0.2, 0.25) is 5.91 Å². The number of carbonyl (C=O) groups is 2. The van der Waals surface area contributed by atoms with Crippen molar-refractivity contribution in [1.82, 2.24) is 9.80 Å². The summed E-state index contributed by atoms with van der Waals surface area (Å²) in [5, 5.41) is 10.9. The molecule has 0 unspecified atom stereocenters. The van der Waals surface area contributed by atoms with E-state index in [1.807, 2.05) is 27.8 Å². The number of fused-ring (bicyclic) bond motifs is 1. The number of rotatable bonds is 4. The number of nitro benzene ring substituents is 1. The van der Waals surface area contributed by atoms with Crippen molar-refractivity contribution in [1.29, 1.82) is 0 Å². The average molecular weight is 490 g/mol. The normalized spacial score (nSPS) is 26.2. The van der Waals surface area contributed by atoms with E-state index in [0.29, 0.717) is 32.2 Å². The Morgan fingerprint density at radius 1 is 1.23 bits per heavy atom. The number of non-ortho nitro benzene ring substituents is 1. The summed E-state index contributed by atoms with van der Waals surface area (Å²) in [7, 11) is 2.04. The van der Waals surface area contributed by atoms with Crippen LogP contribution in [0.4, 0.5) is 10.5 Å². The Labute approximate surface area is 205 Å². The average Bonchev–Trinajstić information content (AvgIpc) is 3.23. The number of amides is 2. The second-order valence-electron chi connectivity index (χ2n) is 11.2.